The van der Waals surface area contributed by atoms with E-state index < -0.39 is 6.17 Å². The van der Waals surface area contributed by atoms with Gasteiger partial charge in [-0.2, -0.15) is 0 Å². The first kappa shape index (κ1) is 7.50. The van der Waals surface area contributed by atoms with Gasteiger partial charge in [0.1, 0.15) is 6.17 Å². The molecule has 2 N–H and O–H groups in total. The lowest BCUT2D eigenvalue weighted by Crippen LogP contribution is -2.29. The summed E-state index contributed by atoms with van der Waals surface area (Å²) in [6.07, 6.45) is 1.95. The first-order chi connectivity index (χ1) is 5.36. The smallest absolute Gasteiger partial charge is 0.118 e. The molecule has 2 nitrogen and oxygen atoms in total. The fourth-order valence-electron chi connectivity index (χ4n) is 1.51. The van der Waals surface area contributed by atoms with Crippen molar-refractivity contribution >= 4 is 0 Å². The van der Waals surface area contributed by atoms with E-state index in [4.69, 9.17) is 0 Å². The predicted octanol–water partition coefficient (Wildman–Crippen LogP) is 0.296. The molecule has 3 heteroatoms. The van der Waals surface area contributed by atoms with Crippen LogP contribution in [0, 0.1) is 5.92 Å². The van der Waals surface area contributed by atoms with Crippen LogP contribution in [0.4, 0.5) is 4.39 Å². The summed E-state index contributed by atoms with van der Waals surface area (Å²) in [5, 5.41) is 6.40. The predicted molar refractivity (Wildman–Crippen MR) is 42.3 cm³/mol. The highest BCUT2D eigenvalue weighted by molar-refractivity contribution is 4.87. The lowest BCUT2D eigenvalue weighted by Gasteiger charge is -2.11. The van der Waals surface area contributed by atoms with Gasteiger partial charge in [-0.25, -0.2) is 4.39 Å². The third-order valence-corrected chi connectivity index (χ3v) is 2.50. The molecule has 1 heterocycles. The minimum atomic E-state index is -0.624. The second kappa shape index (κ2) is 3.07. The molecule has 0 radical (unpaired) electrons. The molecule has 0 aromatic carbocycles. The van der Waals surface area contributed by atoms with E-state index in [1.165, 1.54) is 12.8 Å². The Balaban J connectivity index is 1.67. The monoisotopic (exact) mass is 158 g/mol. The molecule has 2 fully saturated rings. The molecule has 2 aliphatic rings. The number of hydrogen-bond acceptors (Lipinski definition) is 2. The van der Waals surface area contributed by atoms with Crippen molar-refractivity contribution in [3.8, 4) is 0 Å². The van der Waals surface area contributed by atoms with Crippen molar-refractivity contribution in [2.75, 3.05) is 19.6 Å². The lowest BCUT2D eigenvalue weighted by molar-refractivity contribution is 0.276. The van der Waals surface area contributed by atoms with Gasteiger partial charge in [-0.15, -0.1) is 0 Å². The van der Waals surface area contributed by atoms with Crippen molar-refractivity contribution < 1.29 is 4.39 Å². The zero-order valence-corrected chi connectivity index (χ0v) is 6.65. The molecule has 0 amide bonds. The fraction of sp³-hybridized carbons (Fsp3) is 1.00. The molecule has 0 aromatic rings. The highest BCUT2D eigenvalue weighted by atomic mass is 19.1. The summed E-state index contributed by atoms with van der Waals surface area (Å²) in [5.74, 6) is 0.218. The molecule has 0 spiro atoms. The highest BCUT2D eigenvalue weighted by Gasteiger charge is 2.28. The van der Waals surface area contributed by atoms with Crippen LogP contribution in [-0.2, 0) is 0 Å². The van der Waals surface area contributed by atoms with Crippen LogP contribution in [-0.4, -0.2) is 31.8 Å². The molecule has 1 saturated carbocycles. The Labute approximate surface area is 66.5 Å². The second-order valence-corrected chi connectivity index (χ2v) is 3.62. The first-order valence-electron chi connectivity index (χ1n) is 4.44. The minimum Gasteiger partial charge on any atom is -0.314 e. The maximum Gasteiger partial charge on any atom is 0.118 e. The third kappa shape index (κ3) is 1.91. The summed E-state index contributed by atoms with van der Waals surface area (Å²) in [6.45, 7) is 2.26. The minimum absolute atomic E-state index is 0.218. The Morgan fingerprint density at radius 2 is 2.18 bits per heavy atom. The number of nitrogens with one attached hydrogen (secondary N) is 2. The van der Waals surface area contributed by atoms with Crippen LogP contribution in [0.1, 0.15) is 12.8 Å². The molecular weight excluding hydrogens is 143 g/mol. The van der Waals surface area contributed by atoms with Crippen LogP contribution >= 0.6 is 0 Å². The summed E-state index contributed by atoms with van der Waals surface area (Å²) < 4.78 is 13.0. The van der Waals surface area contributed by atoms with Gasteiger partial charge in [-0.3, -0.25) is 0 Å². The van der Waals surface area contributed by atoms with Crippen LogP contribution in [0.5, 0.6) is 0 Å². The van der Waals surface area contributed by atoms with E-state index in [1.54, 1.807) is 0 Å². The lowest BCUT2D eigenvalue weighted by atomic mass is 10.1. The molecule has 0 bridgehead atoms. The molecule has 0 aromatic heterocycles. The Hall–Kier alpha value is -0.150. The summed E-state index contributed by atoms with van der Waals surface area (Å²) in [4.78, 5) is 0. The van der Waals surface area contributed by atoms with Crippen molar-refractivity contribution in [1.29, 1.82) is 0 Å². The van der Waals surface area contributed by atoms with Gasteiger partial charge in [-0.05, 0) is 12.8 Å². The highest BCUT2D eigenvalue weighted by Crippen LogP contribution is 2.20. The summed E-state index contributed by atoms with van der Waals surface area (Å²) in [5.41, 5.74) is 0. The summed E-state index contributed by atoms with van der Waals surface area (Å²) in [7, 11) is 0. The van der Waals surface area contributed by atoms with Crippen molar-refractivity contribution in [1.82, 2.24) is 10.6 Å². The Morgan fingerprint density at radius 3 is 2.73 bits per heavy atom. The normalized spacial score (nSPS) is 37.9. The Kier molecular flexibility index (Phi) is 2.09. The van der Waals surface area contributed by atoms with Gasteiger partial charge < -0.3 is 10.6 Å². The zero-order valence-electron chi connectivity index (χ0n) is 6.65. The standard InChI is InChI=1S/C8H15FN2/c9-8-5-10-3-6(8)4-11-7-1-2-7/h6-8,10-11H,1-5H2/t6-,8+/m0/s1. The quantitative estimate of drug-likeness (QED) is 0.617. The molecule has 2 atom stereocenters. The van der Waals surface area contributed by atoms with Gasteiger partial charge in [-0.1, -0.05) is 0 Å². The zero-order chi connectivity index (χ0) is 7.68. The van der Waals surface area contributed by atoms with Gasteiger partial charge in [0, 0.05) is 31.6 Å². The fourth-order valence-corrected chi connectivity index (χ4v) is 1.51. The third-order valence-electron chi connectivity index (χ3n) is 2.50. The van der Waals surface area contributed by atoms with Gasteiger partial charge in [0.15, 0.2) is 0 Å². The number of hydrogen-bond donors (Lipinski definition) is 2. The maximum absolute atomic E-state index is 13.0. The van der Waals surface area contributed by atoms with E-state index in [2.05, 4.69) is 10.6 Å². The summed E-state index contributed by atoms with van der Waals surface area (Å²) >= 11 is 0. The number of halogens is 1. The van der Waals surface area contributed by atoms with Crippen LogP contribution in [0.2, 0.25) is 0 Å². The van der Waals surface area contributed by atoms with E-state index >= 15 is 0 Å². The number of rotatable bonds is 3. The van der Waals surface area contributed by atoms with E-state index in [-0.39, 0.29) is 5.92 Å². The van der Waals surface area contributed by atoms with Gasteiger partial charge in [0.2, 0.25) is 0 Å². The summed E-state index contributed by atoms with van der Waals surface area (Å²) in [6, 6.07) is 0.711. The van der Waals surface area contributed by atoms with Crippen molar-refractivity contribution in [3.05, 3.63) is 0 Å². The first-order valence-corrected chi connectivity index (χ1v) is 4.44. The average Bonchev–Trinajstić information content (AvgIpc) is 2.73. The second-order valence-electron chi connectivity index (χ2n) is 3.62. The van der Waals surface area contributed by atoms with Crippen molar-refractivity contribution in [2.24, 2.45) is 5.92 Å². The Bertz CT molecular complexity index is 136. The number of alkyl halides is 1. The van der Waals surface area contributed by atoms with E-state index in [1.807, 2.05) is 0 Å². The molecule has 1 aliphatic heterocycles. The van der Waals surface area contributed by atoms with Crippen molar-refractivity contribution in [2.45, 2.75) is 25.1 Å². The van der Waals surface area contributed by atoms with Gasteiger partial charge in [0.05, 0.1) is 0 Å². The Morgan fingerprint density at radius 1 is 1.36 bits per heavy atom. The van der Waals surface area contributed by atoms with Crippen LogP contribution in [0.15, 0.2) is 0 Å². The van der Waals surface area contributed by atoms with E-state index in [9.17, 15) is 4.39 Å². The van der Waals surface area contributed by atoms with Gasteiger partial charge >= 0.3 is 0 Å². The van der Waals surface area contributed by atoms with E-state index in [0.29, 0.717) is 12.6 Å². The maximum atomic E-state index is 13.0. The van der Waals surface area contributed by atoms with Gasteiger partial charge in [0.25, 0.3) is 0 Å². The SMILES string of the molecule is F[C@@H]1CNC[C@H]1CNC1CC1. The molecule has 1 saturated heterocycles. The van der Waals surface area contributed by atoms with Crippen LogP contribution < -0.4 is 10.6 Å². The largest absolute Gasteiger partial charge is 0.314 e. The van der Waals surface area contributed by atoms with Crippen LogP contribution in [0.25, 0.3) is 0 Å². The van der Waals surface area contributed by atoms with Crippen LogP contribution in [0.3, 0.4) is 0 Å². The molecular formula is C8H15FN2. The molecule has 1 aliphatic carbocycles. The molecule has 0 unspecified atom stereocenters. The molecule has 11 heavy (non-hydrogen) atoms. The molecule has 64 valence electrons. The molecule has 2 rings (SSSR count). The average molecular weight is 158 g/mol. The topological polar surface area (TPSA) is 24.1 Å². The van der Waals surface area contributed by atoms with Crippen molar-refractivity contribution in [3.63, 3.8) is 0 Å². The van der Waals surface area contributed by atoms with E-state index in [0.717, 1.165) is 13.1 Å².